The molecule has 3 nitrogen and oxygen atoms in total. The van der Waals surface area contributed by atoms with Crippen molar-refractivity contribution in [3.05, 3.63) is 23.5 Å². The molecule has 0 radical (unpaired) electrons. The van der Waals surface area contributed by atoms with E-state index in [1.807, 2.05) is 6.07 Å². The Kier molecular flexibility index (Phi) is 1.99. The van der Waals surface area contributed by atoms with Crippen LogP contribution in [0.25, 0.3) is 0 Å². The fourth-order valence-corrected chi connectivity index (χ4v) is 1.44. The van der Waals surface area contributed by atoms with Gasteiger partial charge < -0.3 is 0 Å². The topological polar surface area (TPSA) is 42.0 Å². The molecule has 1 N–H and O–H groups in total. The van der Waals surface area contributed by atoms with Gasteiger partial charge in [-0.05, 0) is 0 Å². The van der Waals surface area contributed by atoms with Crippen molar-refractivity contribution >= 4 is 24.5 Å². The third-order valence-electron chi connectivity index (χ3n) is 2.38. The van der Waals surface area contributed by atoms with Crippen LogP contribution in [0, 0.1) is 0 Å². The number of carbonyl (C=O) groups is 1. The van der Waals surface area contributed by atoms with E-state index < -0.39 is 0 Å². The standard InChI is InChI=1S/C10H11BN2O/c1-5(2)6-3-7-9(12-4-6)8(11)10(14)13-7/h3-5,11H,1-2H3,(H,13,14). The van der Waals surface area contributed by atoms with Gasteiger partial charge in [-0.15, -0.1) is 0 Å². The first-order valence-corrected chi connectivity index (χ1v) is 4.60. The van der Waals surface area contributed by atoms with Gasteiger partial charge in [0.1, 0.15) is 0 Å². The van der Waals surface area contributed by atoms with Gasteiger partial charge in [0.2, 0.25) is 0 Å². The number of hydrogen-bond acceptors (Lipinski definition) is 2. The van der Waals surface area contributed by atoms with Crippen LogP contribution in [0.2, 0.25) is 0 Å². The molecule has 14 heavy (non-hydrogen) atoms. The molecule has 1 aliphatic heterocycles. The number of nitrogens with zero attached hydrogens (tertiary/aromatic N) is 1. The molecular weight excluding hydrogens is 175 g/mol. The van der Waals surface area contributed by atoms with Gasteiger partial charge in [-0.25, -0.2) is 0 Å². The molecule has 0 saturated heterocycles. The van der Waals surface area contributed by atoms with E-state index in [1.165, 1.54) is 0 Å². The summed E-state index contributed by atoms with van der Waals surface area (Å²) in [5, 5.41) is 2.74. The van der Waals surface area contributed by atoms with Crippen LogP contribution in [0.15, 0.2) is 12.3 Å². The summed E-state index contributed by atoms with van der Waals surface area (Å²) >= 11 is 0. The summed E-state index contributed by atoms with van der Waals surface area (Å²) in [6, 6.07) is 1.96. The van der Waals surface area contributed by atoms with Gasteiger partial charge in [0, 0.05) is 0 Å². The fourth-order valence-electron chi connectivity index (χ4n) is 1.44. The molecule has 0 atom stereocenters. The molecule has 0 saturated carbocycles. The normalized spacial score (nSPS) is 14.4. The summed E-state index contributed by atoms with van der Waals surface area (Å²) in [4.78, 5) is 15.5. The molecular formula is C10H11BN2O. The van der Waals surface area contributed by atoms with Crippen molar-refractivity contribution in [1.82, 2.24) is 4.98 Å². The minimum atomic E-state index is -0.145. The Balaban J connectivity index is 2.49. The Hall–Kier alpha value is -1.45. The molecule has 0 aromatic carbocycles. The summed E-state index contributed by atoms with van der Waals surface area (Å²) in [6.45, 7) is 4.18. The van der Waals surface area contributed by atoms with Crippen LogP contribution in [0.5, 0.6) is 0 Å². The first-order chi connectivity index (χ1) is 6.59. The molecule has 1 aromatic heterocycles. The molecule has 0 spiro atoms. The zero-order valence-electron chi connectivity index (χ0n) is 8.29. The van der Waals surface area contributed by atoms with Crippen LogP contribution in [0.3, 0.4) is 0 Å². The third kappa shape index (κ3) is 1.27. The number of rotatable bonds is 1. The van der Waals surface area contributed by atoms with E-state index in [-0.39, 0.29) is 5.91 Å². The van der Waals surface area contributed by atoms with Crippen molar-refractivity contribution < 1.29 is 4.79 Å². The molecule has 2 heterocycles. The van der Waals surface area contributed by atoms with Crippen LogP contribution in [-0.4, -0.2) is 23.8 Å². The Morgan fingerprint density at radius 1 is 1.50 bits per heavy atom. The SMILES string of the molecule is B=C1C(=O)Nc2cc(C(C)C)cnc21. The zero-order chi connectivity index (χ0) is 10.3. The summed E-state index contributed by atoms with van der Waals surface area (Å²) in [5.74, 6) is 0.270. The van der Waals surface area contributed by atoms with Gasteiger partial charge in [0.25, 0.3) is 0 Å². The summed E-state index contributed by atoms with van der Waals surface area (Å²) in [5.41, 5.74) is 3.04. The van der Waals surface area contributed by atoms with Gasteiger partial charge in [-0.1, -0.05) is 0 Å². The van der Waals surface area contributed by atoms with Crippen LogP contribution in [0.4, 0.5) is 5.69 Å². The van der Waals surface area contributed by atoms with E-state index in [2.05, 4.69) is 31.6 Å². The number of nitrogens with one attached hydrogen (secondary N) is 1. The Labute approximate surface area is 83.6 Å². The van der Waals surface area contributed by atoms with Crippen LogP contribution in [-0.2, 0) is 4.79 Å². The number of fused-ring (bicyclic) bond motifs is 1. The van der Waals surface area contributed by atoms with Crippen LogP contribution < -0.4 is 5.32 Å². The van der Waals surface area contributed by atoms with E-state index in [9.17, 15) is 4.79 Å². The second kappa shape index (κ2) is 3.05. The summed E-state index contributed by atoms with van der Waals surface area (Å²) < 4.78 is 0. The van der Waals surface area contributed by atoms with Crippen molar-refractivity contribution in [3.63, 3.8) is 0 Å². The maximum absolute atomic E-state index is 11.3. The van der Waals surface area contributed by atoms with E-state index in [0.717, 1.165) is 11.3 Å². The van der Waals surface area contributed by atoms with Gasteiger partial charge in [0.05, 0.1) is 0 Å². The van der Waals surface area contributed by atoms with Gasteiger partial charge in [-0.3, -0.25) is 0 Å². The van der Waals surface area contributed by atoms with E-state index in [0.29, 0.717) is 17.1 Å². The average molecular weight is 186 g/mol. The fraction of sp³-hybridized carbons (Fsp3) is 0.300. The predicted molar refractivity (Wildman–Crippen MR) is 58.2 cm³/mol. The number of pyridine rings is 1. The second-order valence-corrected chi connectivity index (χ2v) is 3.75. The number of hydrogen-bond donors (Lipinski definition) is 1. The first-order valence-electron chi connectivity index (χ1n) is 4.60. The number of amides is 1. The summed E-state index contributed by atoms with van der Waals surface area (Å²) in [7, 11) is 3.68. The van der Waals surface area contributed by atoms with Crippen LogP contribution >= 0.6 is 0 Å². The molecule has 1 amide bonds. The molecule has 0 bridgehead atoms. The predicted octanol–water partition coefficient (Wildman–Crippen LogP) is 0.578. The zero-order valence-corrected chi connectivity index (χ0v) is 8.29. The molecule has 0 fully saturated rings. The Morgan fingerprint density at radius 3 is 2.86 bits per heavy atom. The maximum atomic E-state index is 11.3. The minimum absolute atomic E-state index is 0.145. The molecule has 0 aliphatic carbocycles. The Bertz CT molecular complexity index is 426. The van der Waals surface area contributed by atoms with E-state index in [1.54, 1.807) is 6.20 Å². The summed E-state index contributed by atoms with van der Waals surface area (Å²) in [6.07, 6.45) is 1.80. The molecule has 1 aromatic rings. The van der Waals surface area contributed by atoms with Crippen molar-refractivity contribution in [2.45, 2.75) is 19.8 Å². The van der Waals surface area contributed by atoms with Crippen LogP contribution in [0.1, 0.15) is 31.0 Å². The van der Waals surface area contributed by atoms with E-state index in [4.69, 9.17) is 0 Å². The second-order valence-electron chi connectivity index (χ2n) is 3.75. The van der Waals surface area contributed by atoms with Crippen molar-refractivity contribution in [1.29, 1.82) is 0 Å². The number of anilines is 1. The van der Waals surface area contributed by atoms with Gasteiger partial charge >= 0.3 is 82.9 Å². The van der Waals surface area contributed by atoms with Crippen molar-refractivity contribution in [3.8, 4) is 0 Å². The molecule has 0 unspecified atom stereocenters. The molecule has 70 valence electrons. The third-order valence-corrected chi connectivity index (χ3v) is 2.38. The average Bonchev–Trinajstić information content (AvgIpc) is 2.42. The number of aromatic nitrogens is 1. The van der Waals surface area contributed by atoms with Gasteiger partial charge in [-0.2, -0.15) is 0 Å². The number of carbonyl (C=O) groups excluding carboxylic acids is 1. The van der Waals surface area contributed by atoms with Gasteiger partial charge in [0.15, 0.2) is 0 Å². The monoisotopic (exact) mass is 186 g/mol. The van der Waals surface area contributed by atoms with Crippen molar-refractivity contribution in [2.24, 2.45) is 0 Å². The molecule has 1 aliphatic rings. The Morgan fingerprint density at radius 2 is 2.21 bits per heavy atom. The van der Waals surface area contributed by atoms with Crippen molar-refractivity contribution in [2.75, 3.05) is 5.32 Å². The quantitative estimate of drug-likeness (QED) is 0.651. The molecule has 4 heteroatoms. The first kappa shape index (κ1) is 9.12. The molecule has 2 rings (SSSR count). The van der Waals surface area contributed by atoms with E-state index >= 15 is 0 Å².